The zero-order valence-electron chi connectivity index (χ0n) is 13.0. The summed E-state index contributed by atoms with van der Waals surface area (Å²) in [7, 11) is 0. The Labute approximate surface area is 130 Å². The average molecular weight is 309 g/mol. The van der Waals surface area contributed by atoms with Gasteiger partial charge in [0.05, 0.1) is 5.69 Å². The van der Waals surface area contributed by atoms with Crippen LogP contribution in [0.4, 0.5) is 5.69 Å². The number of carbonyl (C=O) groups is 2. The van der Waals surface area contributed by atoms with Crippen molar-refractivity contribution < 1.29 is 14.7 Å². The summed E-state index contributed by atoms with van der Waals surface area (Å²) in [6.45, 7) is 7.60. The monoisotopic (exact) mass is 309 g/mol. The molecule has 0 saturated heterocycles. The number of hydrogen-bond acceptors (Lipinski definition) is 3. The highest BCUT2D eigenvalue weighted by atomic mass is 32.2. The first-order chi connectivity index (χ1) is 9.81. The lowest BCUT2D eigenvalue weighted by atomic mass is 9.89. The Morgan fingerprint density at radius 1 is 1.29 bits per heavy atom. The Morgan fingerprint density at radius 2 is 1.90 bits per heavy atom. The molecule has 0 saturated carbocycles. The van der Waals surface area contributed by atoms with E-state index in [1.54, 1.807) is 6.07 Å². The number of carbonyl (C=O) groups excluding carboxylic acids is 1. The minimum absolute atomic E-state index is 0.0542. The van der Waals surface area contributed by atoms with Gasteiger partial charge in [-0.25, -0.2) is 0 Å². The number of amides is 1. The first-order valence-electron chi connectivity index (χ1n) is 7.11. The minimum Gasteiger partial charge on any atom is -0.480 e. The molecule has 4 nitrogen and oxygen atoms in total. The van der Waals surface area contributed by atoms with Crippen molar-refractivity contribution >= 4 is 29.3 Å². The molecule has 21 heavy (non-hydrogen) atoms. The zero-order valence-corrected chi connectivity index (χ0v) is 13.8. The Morgan fingerprint density at radius 3 is 2.43 bits per heavy atom. The van der Waals surface area contributed by atoms with E-state index in [4.69, 9.17) is 5.11 Å². The third kappa shape index (κ3) is 4.77. The van der Waals surface area contributed by atoms with E-state index >= 15 is 0 Å². The number of carboxylic acids is 1. The maximum atomic E-state index is 12.3. The van der Waals surface area contributed by atoms with Gasteiger partial charge < -0.3 is 10.4 Å². The molecule has 1 aromatic carbocycles. The van der Waals surface area contributed by atoms with Crippen LogP contribution in [-0.4, -0.2) is 22.2 Å². The SMILES string of the molecule is CC[C@@H](Sc1ccccc1NC(=O)C(C)(C)CC)C(=O)O. The smallest absolute Gasteiger partial charge is 0.316 e. The highest BCUT2D eigenvalue weighted by Gasteiger charge is 2.26. The summed E-state index contributed by atoms with van der Waals surface area (Å²) in [5.74, 6) is -0.890. The molecule has 0 bridgehead atoms. The Balaban J connectivity index is 2.94. The number of hydrogen-bond donors (Lipinski definition) is 2. The van der Waals surface area contributed by atoms with E-state index in [9.17, 15) is 9.59 Å². The van der Waals surface area contributed by atoms with Gasteiger partial charge in [-0.15, -0.1) is 11.8 Å². The second kappa shape index (κ2) is 7.50. The maximum absolute atomic E-state index is 12.3. The molecule has 5 heteroatoms. The van der Waals surface area contributed by atoms with E-state index in [1.807, 2.05) is 45.9 Å². The summed E-state index contributed by atoms with van der Waals surface area (Å²) in [4.78, 5) is 24.2. The molecule has 1 amide bonds. The van der Waals surface area contributed by atoms with Crippen LogP contribution in [0.5, 0.6) is 0 Å². The van der Waals surface area contributed by atoms with Crippen molar-refractivity contribution in [2.45, 2.75) is 50.7 Å². The number of nitrogens with one attached hydrogen (secondary N) is 1. The van der Waals surface area contributed by atoms with Crippen molar-refractivity contribution in [2.75, 3.05) is 5.32 Å². The fourth-order valence-electron chi connectivity index (χ4n) is 1.59. The maximum Gasteiger partial charge on any atom is 0.316 e. The quantitative estimate of drug-likeness (QED) is 0.747. The van der Waals surface area contributed by atoms with Gasteiger partial charge in [0, 0.05) is 10.3 Å². The molecule has 1 atom stereocenters. The Hall–Kier alpha value is -1.49. The molecule has 0 heterocycles. The molecular weight excluding hydrogens is 286 g/mol. The minimum atomic E-state index is -0.836. The number of rotatable bonds is 7. The van der Waals surface area contributed by atoms with Gasteiger partial charge in [0.1, 0.15) is 5.25 Å². The lowest BCUT2D eigenvalue weighted by Gasteiger charge is -2.22. The lowest BCUT2D eigenvalue weighted by molar-refractivity contribution is -0.136. The van der Waals surface area contributed by atoms with Crippen LogP contribution in [0.3, 0.4) is 0 Å². The molecule has 1 aromatic rings. The highest BCUT2D eigenvalue weighted by Crippen LogP contribution is 2.33. The third-order valence-corrected chi connectivity index (χ3v) is 4.98. The topological polar surface area (TPSA) is 66.4 Å². The summed E-state index contributed by atoms with van der Waals surface area (Å²) in [5.41, 5.74) is 0.225. The molecule has 0 aliphatic heterocycles. The van der Waals surface area contributed by atoms with Gasteiger partial charge in [0.15, 0.2) is 0 Å². The number of carboxylic acid groups (broad SMARTS) is 1. The fraction of sp³-hybridized carbons (Fsp3) is 0.500. The second-order valence-electron chi connectivity index (χ2n) is 5.54. The van der Waals surface area contributed by atoms with Crippen LogP contribution in [0.2, 0.25) is 0 Å². The number of benzene rings is 1. The first kappa shape index (κ1) is 17.6. The molecule has 0 aliphatic rings. The van der Waals surface area contributed by atoms with Gasteiger partial charge in [-0.1, -0.05) is 39.8 Å². The molecule has 2 N–H and O–H groups in total. The van der Waals surface area contributed by atoms with Crippen LogP contribution < -0.4 is 5.32 Å². The van der Waals surface area contributed by atoms with Crippen LogP contribution >= 0.6 is 11.8 Å². The normalized spacial score (nSPS) is 12.8. The third-order valence-electron chi connectivity index (χ3n) is 3.55. The first-order valence-corrected chi connectivity index (χ1v) is 7.99. The van der Waals surface area contributed by atoms with E-state index in [1.165, 1.54) is 11.8 Å². The number of aliphatic carboxylic acids is 1. The number of thioether (sulfide) groups is 1. The molecule has 0 fully saturated rings. The van der Waals surface area contributed by atoms with Crippen LogP contribution in [0.25, 0.3) is 0 Å². The van der Waals surface area contributed by atoms with Crippen LogP contribution in [0.1, 0.15) is 40.5 Å². The van der Waals surface area contributed by atoms with Crippen molar-refractivity contribution in [3.63, 3.8) is 0 Å². The zero-order chi connectivity index (χ0) is 16.0. The van der Waals surface area contributed by atoms with Gasteiger partial charge >= 0.3 is 5.97 Å². The van der Waals surface area contributed by atoms with Crippen molar-refractivity contribution in [1.82, 2.24) is 0 Å². The van der Waals surface area contributed by atoms with Crippen LogP contribution in [0, 0.1) is 5.41 Å². The van der Waals surface area contributed by atoms with E-state index in [-0.39, 0.29) is 5.91 Å². The molecule has 0 unspecified atom stereocenters. The molecule has 0 spiro atoms. The van der Waals surface area contributed by atoms with E-state index in [0.29, 0.717) is 12.1 Å². The van der Waals surface area contributed by atoms with Crippen molar-refractivity contribution in [3.05, 3.63) is 24.3 Å². The van der Waals surface area contributed by atoms with Gasteiger partial charge in [-0.2, -0.15) is 0 Å². The Kier molecular flexibility index (Phi) is 6.27. The van der Waals surface area contributed by atoms with Gasteiger partial charge in [0.25, 0.3) is 0 Å². The van der Waals surface area contributed by atoms with E-state index in [0.717, 1.165) is 11.3 Å². The summed E-state index contributed by atoms with van der Waals surface area (Å²) in [6.07, 6.45) is 1.27. The van der Waals surface area contributed by atoms with E-state index in [2.05, 4.69) is 5.32 Å². The van der Waals surface area contributed by atoms with Gasteiger partial charge in [-0.05, 0) is 25.0 Å². The van der Waals surface area contributed by atoms with Gasteiger partial charge in [-0.3, -0.25) is 9.59 Å². The standard InChI is InChI=1S/C16H23NO3S/c1-5-12(14(18)19)21-13-10-8-7-9-11(13)17-15(20)16(3,4)6-2/h7-10,12H,5-6H2,1-4H3,(H,17,20)(H,18,19)/t12-/m1/s1. The average Bonchev–Trinajstić information content (AvgIpc) is 2.45. The predicted octanol–water partition coefficient (Wildman–Crippen LogP) is 4.02. The number of anilines is 1. The summed E-state index contributed by atoms with van der Waals surface area (Å²) < 4.78 is 0. The largest absolute Gasteiger partial charge is 0.480 e. The molecule has 116 valence electrons. The van der Waals surface area contributed by atoms with Crippen molar-refractivity contribution in [2.24, 2.45) is 5.41 Å². The number of para-hydroxylation sites is 1. The van der Waals surface area contributed by atoms with Crippen LogP contribution in [0.15, 0.2) is 29.2 Å². The lowest BCUT2D eigenvalue weighted by Crippen LogP contribution is -2.30. The molecule has 1 rings (SSSR count). The second-order valence-corrected chi connectivity index (χ2v) is 6.79. The predicted molar refractivity (Wildman–Crippen MR) is 86.7 cm³/mol. The van der Waals surface area contributed by atoms with Crippen molar-refractivity contribution in [1.29, 1.82) is 0 Å². The molecular formula is C16H23NO3S. The summed E-state index contributed by atoms with van der Waals surface area (Å²) in [6, 6.07) is 7.32. The highest BCUT2D eigenvalue weighted by molar-refractivity contribution is 8.00. The Bertz CT molecular complexity index is 514. The van der Waals surface area contributed by atoms with Crippen molar-refractivity contribution in [3.8, 4) is 0 Å². The molecule has 0 aliphatic carbocycles. The molecule has 0 aromatic heterocycles. The molecule has 0 radical (unpaired) electrons. The van der Waals surface area contributed by atoms with E-state index < -0.39 is 16.6 Å². The summed E-state index contributed by atoms with van der Waals surface area (Å²) in [5, 5.41) is 11.6. The van der Waals surface area contributed by atoms with Crippen LogP contribution in [-0.2, 0) is 9.59 Å². The van der Waals surface area contributed by atoms with Gasteiger partial charge in [0.2, 0.25) is 5.91 Å². The fourth-order valence-corrected chi connectivity index (χ4v) is 2.56. The summed E-state index contributed by atoms with van der Waals surface area (Å²) >= 11 is 1.27.